The average Bonchev–Trinajstić information content (AvgIpc) is 2.40. The summed E-state index contributed by atoms with van der Waals surface area (Å²) in [5.74, 6) is 0. The maximum atomic E-state index is 11.6. The lowest BCUT2D eigenvalue weighted by Gasteiger charge is -2.52. The van der Waals surface area contributed by atoms with Gasteiger partial charge in [-0.25, -0.2) is 8.42 Å². The van der Waals surface area contributed by atoms with Crippen LogP contribution in [0.25, 0.3) is 0 Å². The maximum absolute atomic E-state index is 11.6. The van der Waals surface area contributed by atoms with Gasteiger partial charge in [0.1, 0.15) is 0 Å². The second kappa shape index (κ2) is 6.30. The Kier molecular flexibility index (Phi) is 5.00. The molecule has 0 saturated heterocycles. The number of hydrogen-bond acceptors (Lipinski definition) is 4. The summed E-state index contributed by atoms with van der Waals surface area (Å²) in [6.07, 6.45) is 2.60. The fourth-order valence-corrected chi connectivity index (χ4v) is 4.15. The zero-order chi connectivity index (χ0) is 16.5. The molecule has 1 aromatic rings. The molecule has 0 spiro atoms. The molecule has 1 aliphatic rings. The van der Waals surface area contributed by atoms with Crippen LogP contribution in [0.3, 0.4) is 0 Å². The van der Waals surface area contributed by atoms with Gasteiger partial charge >= 0.3 is 0 Å². The highest BCUT2D eigenvalue weighted by Crippen LogP contribution is 2.42. The monoisotopic (exact) mass is 325 g/mol. The van der Waals surface area contributed by atoms with Gasteiger partial charge in [0, 0.05) is 30.9 Å². The van der Waals surface area contributed by atoms with E-state index in [1.807, 2.05) is 26.0 Å². The van der Waals surface area contributed by atoms with Crippen molar-refractivity contribution in [2.45, 2.75) is 57.7 Å². The second-order valence-electron chi connectivity index (χ2n) is 6.81. The first-order chi connectivity index (χ1) is 10.2. The lowest BCUT2D eigenvalue weighted by Crippen LogP contribution is -2.60. The minimum Gasteiger partial charge on any atom is -0.378 e. The van der Waals surface area contributed by atoms with Crippen LogP contribution in [0.2, 0.25) is 0 Å². The summed E-state index contributed by atoms with van der Waals surface area (Å²) in [7, 11) is -3.14. The number of sulfone groups is 1. The molecule has 5 heteroatoms. The minimum atomic E-state index is -3.14. The first-order valence-electron chi connectivity index (χ1n) is 7.80. The molecule has 1 N–H and O–H groups in total. The van der Waals surface area contributed by atoms with E-state index in [4.69, 9.17) is 4.74 Å². The molecule has 1 aromatic carbocycles. The predicted octanol–water partition coefficient (Wildman–Crippen LogP) is 2.69. The van der Waals surface area contributed by atoms with Crippen LogP contribution in [0.5, 0.6) is 0 Å². The Morgan fingerprint density at radius 3 is 2.55 bits per heavy atom. The fourth-order valence-electron chi connectivity index (χ4n) is 3.19. The third-order valence-electron chi connectivity index (χ3n) is 4.74. The van der Waals surface area contributed by atoms with Crippen LogP contribution >= 0.6 is 0 Å². The molecular weight excluding hydrogens is 298 g/mol. The molecule has 2 rings (SSSR count). The largest absolute Gasteiger partial charge is 0.378 e. The highest BCUT2D eigenvalue weighted by Gasteiger charge is 2.48. The van der Waals surface area contributed by atoms with Crippen molar-refractivity contribution < 1.29 is 13.2 Å². The zero-order valence-electron chi connectivity index (χ0n) is 14.1. The van der Waals surface area contributed by atoms with E-state index in [-0.39, 0.29) is 5.41 Å². The third kappa shape index (κ3) is 3.53. The van der Waals surface area contributed by atoms with Gasteiger partial charge in [-0.1, -0.05) is 26.0 Å². The van der Waals surface area contributed by atoms with Crippen molar-refractivity contribution in [3.8, 4) is 0 Å². The SMILES string of the molecule is CCOC1CC(NCc2ccc(S(C)(=O)=O)c(C)c2)C1(C)C. The number of rotatable bonds is 6. The van der Waals surface area contributed by atoms with Crippen LogP contribution in [0.4, 0.5) is 0 Å². The molecule has 4 nitrogen and oxygen atoms in total. The van der Waals surface area contributed by atoms with Crippen LogP contribution in [0, 0.1) is 12.3 Å². The van der Waals surface area contributed by atoms with Crippen molar-refractivity contribution in [2.24, 2.45) is 5.41 Å². The molecule has 0 aliphatic heterocycles. The van der Waals surface area contributed by atoms with Crippen molar-refractivity contribution in [3.05, 3.63) is 29.3 Å². The Balaban J connectivity index is 1.98. The molecule has 1 fully saturated rings. The van der Waals surface area contributed by atoms with Gasteiger partial charge in [-0.2, -0.15) is 0 Å². The number of aryl methyl sites for hydroxylation is 1. The molecule has 0 heterocycles. The minimum absolute atomic E-state index is 0.137. The van der Waals surface area contributed by atoms with Crippen molar-refractivity contribution in [3.63, 3.8) is 0 Å². The summed E-state index contributed by atoms with van der Waals surface area (Å²) >= 11 is 0. The summed E-state index contributed by atoms with van der Waals surface area (Å²) in [5, 5.41) is 3.57. The van der Waals surface area contributed by atoms with Crippen LogP contribution < -0.4 is 5.32 Å². The van der Waals surface area contributed by atoms with E-state index in [9.17, 15) is 8.42 Å². The molecule has 0 amide bonds. The molecule has 2 atom stereocenters. The van der Waals surface area contributed by atoms with E-state index < -0.39 is 9.84 Å². The van der Waals surface area contributed by atoms with Crippen molar-refractivity contribution in [1.29, 1.82) is 0 Å². The van der Waals surface area contributed by atoms with Crippen LogP contribution in [0.1, 0.15) is 38.3 Å². The lowest BCUT2D eigenvalue weighted by molar-refractivity contribution is -0.114. The maximum Gasteiger partial charge on any atom is 0.175 e. The lowest BCUT2D eigenvalue weighted by atomic mass is 9.64. The normalized spacial score (nSPS) is 24.0. The Bertz CT molecular complexity index is 637. The fraction of sp³-hybridized carbons (Fsp3) is 0.647. The van der Waals surface area contributed by atoms with Crippen molar-refractivity contribution >= 4 is 9.84 Å². The molecule has 2 unspecified atom stereocenters. The van der Waals surface area contributed by atoms with E-state index in [2.05, 4.69) is 19.2 Å². The van der Waals surface area contributed by atoms with Gasteiger partial charge in [-0.3, -0.25) is 0 Å². The predicted molar refractivity (Wildman–Crippen MR) is 88.7 cm³/mol. The van der Waals surface area contributed by atoms with Crippen molar-refractivity contribution in [1.82, 2.24) is 5.32 Å². The van der Waals surface area contributed by atoms with Crippen LogP contribution in [-0.4, -0.2) is 33.4 Å². The van der Waals surface area contributed by atoms with Gasteiger partial charge < -0.3 is 10.1 Å². The number of nitrogens with one attached hydrogen (secondary N) is 1. The molecule has 0 radical (unpaired) electrons. The molecule has 1 saturated carbocycles. The highest BCUT2D eigenvalue weighted by molar-refractivity contribution is 7.90. The Morgan fingerprint density at radius 2 is 2.05 bits per heavy atom. The van der Waals surface area contributed by atoms with Gasteiger partial charge in [0.2, 0.25) is 0 Å². The quantitative estimate of drug-likeness (QED) is 0.874. The van der Waals surface area contributed by atoms with Gasteiger partial charge in [0.25, 0.3) is 0 Å². The van der Waals surface area contributed by atoms with E-state index in [1.165, 1.54) is 6.26 Å². The van der Waals surface area contributed by atoms with E-state index in [1.54, 1.807) is 6.07 Å². The zero-order valence-corrected chi connectivity index (χ0v) is 15.0. The first-order valence-corrected chi connectivity index (χ1v) is 9.70. The Labute approximate surface area is 134 Å². The van der Waals surface area contributed by atoms with Crippen LogP contribution in [-0.2, 0) is 21.1 Å². The summed E-state index contributed by atoms with van der Waals surface area (Å²) in [5.41, 5.74) is 2.06. The summed E-state index contributed by atoms with van der Waals surface area (Å²) in [6, 6.07) is 5.98. The van der Waals surface area contributed by atoms with E-state index >= 15 is 0 Å². The Morgan fingerprint density at radius 1 is 1.36 bits per heavy atom. The second-order valence-corrected chi connectivity index (χ2v) is 8.79. The highest BCUT2D eigenvalue weighted by atomic mass is 32.2. The molecule has 124 valence electrons. The topological polar surface area (TPSA) is 55.4 Å². The van der Waals surface area contributed by atoms with E-state index in [0.29, 0.717) is 17.0 Å². The number of hydrogen-bond donors (Lipinski definition) is 1. The number of benzene rings is 1. The van der Waals surface area contributed by atoms with Crippen molar-refractivity contribution in [2.75, 3.05) is 12.9 Å². The summed E-state index contributed by atoms with van der Waals surface area (Å²) in [4.78, 5) is 0.414. The van der Waals surface area contributed by atoms with Crippen LogP contribution in [0.15, 0.2) is 23.1 Å². The van der Waals surface area contributed by atoms with Gasteiger partial charge in [0.05, 0.1) is 11.0 Å². The van der Waals surface area contributed by atoms with Gasteiger partial charge in [-0.15, -0.1) is 0 Å². The molecule has 0 bridgehead atoms. The molecule has 0 aromatic heterocycles. The third-order valence-corrected chi connectivity index (χ3v) is 5.99. The smallest absolute Gasteiger partial charge is 0.175 e. The summed E-state index contributed by atoms with van der Waals surface area (Å²) in [6.45, 7) is 9.84. The Hall–Kier alpha value is -0.910. The van der Waals surface area contributed by atoms with Gasteiger partial charge in [-0.05, 0) is 37.5 Å². The average molecular weight is 325 g/mol. The standard InChI is InChI=1S/C17H27NO3S/c1-6-21-16-10-15(17(16,3)4)18-11-13-7-8-14(12(2)9-13)22(5,19)20/h7-9,15-16,18H,6,10-11H2,1-5H3. The van der Waals surface area contributed by atoms with Gasteiger partial charge in [0.15, 0.2) is 9.84 Å². The summed E-state index contributed by atoms with van der Waals surface area (Å²) < 4.78 is 29.0. The number of ether oxygens (including phenoxy) is 1. The van der Waals surface area contributed by atoms with E-state index in [0.717, 1.165) is 30.7 Å². The molecule has 22 heavy (non-hydrogen) atoms. The molecular formula is C17H27NO3S. The molecule has 1 aliphatic carbocycles. The first kappa shape index (κ1) is 17.4.